The highest BCUT2D eigenvalue weighted by atomic mass is 16.1. The van der Waals surface area contributed by atoms with Crippen LogP contribution in [-0.2, 0) is 9.59 Å². The molecule has 1 fully saturated rings. The fourth-order valence-electron chi connectivity index (χ4n) is 2.29. The van der Waals surface area contributed by atoms with Gasteiger partial charge in [0.05, 0.1) is 0 Å². The molecule has 0 aromatic heterocycles. The molecule has 0 spiro atoms. The zero-order chi connectivity index (χ0) is 10.7. The van der Waals surface area contributed by atoms with Crippen molar-refractivity contribution in [1.29, 1.82) is 0 Å². The molecule has 0 heterocycles. The van der Waals surface area contributed by atoms with Gasteiger partial charge in [0.25, 0.3) is 0 Å². The van der Waals surface area contributed by atoms with Crippen molar-refractivity contribution in [2.75, 3.05) is 0 Å². The van der Waals surface area contributed by atoms with Gasteiger partial charge in [0.1, 0.15) is 12.1 Å². The second-order valence-electron chi connectivity index (χ2n) is 4.88. The van der Waals surface area contributed by atoms with Crippen molar-refractivity contribution in [1.82, 2.24) is 0 Å². The zero-order valence-corrected chi connectivity index (χ0v) is 9.32. The molecule has 0 aliphatic heterocycles. The summed E-state index contributed by atoms with van der Waals surface area (Å²) >= 11 is 0. The second kappa shape index (κ2) is 4.72. The van der Waals surface area contributed by atoms with E-state index in [9.17, 15) is 9.59 Å². The summed E-state index contributed by atoms with van der Waals surface area (Å²) in [6, 6.07) is 0. The van der Waals surface area contributed by atoms with Crippen LogP contribution < -0.4 is 0 Å². The Kier molecular flexibility index (Phi) is 3.85. The fraction of sp³-hybridized carbons (Fsp3) is 0.833. The third-order valence-electron chi connectivity index (χ3n) is 3.49. The first-order chi connectivity index (χ1) is 6.56. The van der Waals surface area contributed by atoms with E-state index in [2.05, 4.69) is 20.8 Å². The van der Waals surface area contributed by atoms with Gasteiger partial charge >= 0.3 is 0 Å². The Morgan fingerprint density at radius 3 is 2.50 bits per heavy atom. The molecule has 1 rings (SSSR count). The number of ketones is 1. The summed E-state index contributed by atoms with van der Waals surface area (Å²) in [6.07, 6.45) is 3.40. The summed E-state index contributed by atoms with van der Waals surface area (Å²) < 4.78 is 0. The van der Waals surface area contributed by atoms with Crippen molar-refractivity contribution in [3.05, 3.63) is 0 Å². The lowest BCUT2D eigenvalue weighted by molar-refractivity contribution is -0.126. The third kappa shape index (κ3) is 2.43. The minimum Gasteiger partial charge on any atom is -0.303 e. The molecular formula is C12H20O2. The molecule has 1 aliphatic carbocycles. The van der Waals surface area contributed by atoms with Crippen molar-refractivity contribution in [3.8, 4) is 0 Å². The van der Waals surface area contributed by atoms with E-state index in [4.69, 9.17) is 0 Å². The zero-order valence-electron chi connectivity index (χ0n) is 9.32. The average molecular weight is 196 g/mol. The summed E-state index contributed by atoms with van der Waals surface area (Å²) in [6.45, 7) is 6.26. The standard InChI is InChI=1S/C12H20O2/c1-8(2)11-5-4-9(3)10(7-13)6-12(11)14/h7-11H,4-6H2,1-3H3/t9-,10?,11+/m1/s1. The normalized spacial score (nSPS) is 34.3. The van der Waals surface area contributed by atoms with E-state index in [1.165, 1.54) is 0 Å². The number of hydrogen-bond acceptors (Lipinski definition) is 2. The highest BCUT2D eigenvalue weighted by molar-refractivity contribution is 5.84. The molecule has 0 N–H and O–H groups in total. The van der Waals surface area contributed by atoms with Crippen LogP contribution in [0.3, 0.4) is 0 Å². The highest BCUT2D eigenvalue weighted by Gasteiger charge is 2.31. The van der Waals surface area contributed by atoms with Gasteiger partial charge in [-0.1, -0.05) is 20.8 Å². The number of Topliss-reactive ketones (excluding diaryl/α,β-unsaturated/α-hetero) is 1. The molecule has 3 atom stereocenters. The Bertz CT molecular complexity index is 220. The molecule has 0 bridgehead atoms. The molecule has 0 aromatic carbocycles. The predicted octanol–water partition coefficient (Wildman–Crippen LogP) is 2.46. The first kappa shape index (κ1) is 11.4. The average Bonchev–Trinajstić information content (AvgIpc) is 2.26. The predicted molar refractivity (Wildman–Crippen MR) is 55.9 cm³/mol. The fourth-order valence-corrected chi connectivity index (χ4v) is 2.29. The van der Waals surface area contributed by atoms with Gasteiger partial charge in [-0.05, 0) is 24.7 Å². The molecule has 14 heavy (non-hydrogen) atoms. The number of rotatable bonds is 2. The number of aldehydes is 1. The van der Waals surface area contributed by atoms with Crippen molar-refractivity contribution < 1.29 is 9.59 Å². The van der Waals surface area contributed by atoms with Crippen LogP contribution in [0.5, 0.6) is 0 Å². The maximum Gasteiger partial charge on any atom is 0.136 e. The number of carbonyl (C=O) groups excluding carboxylic acids is 2. The van der Waals surface area contributed by atoms with E-state index >= 15 is 0 Å². The lowest BCUT2D eigenvalue weighted by Crippen LogP contribution is -2.20. The van der Waals surface area contributed by atoms with E-state index in [1.807, 2.05) is 0 Å². The van der Waals surface area contributed by atoms with E-state index in [1.54, 1.807) is 0 Å². The van der Waals surface area contributed by atoms with E-state index in [0.717, 1.165) is 19.1 Å². The molecule has 1 saturated carbocycles. The molecule has 0 amide bonds. The Morgan fingerprint density at radius 2 is 2.00 bits per heavy atom. The van der Waals surface area contributed by atoms with Crippen LogP contribution in [0.15, 0.2) is 0 Å². The van der Waals surface area contributed by atoms with Gasteiger partial charge < -0.3 is 4.79 Å². The number of hydrogen-bond donors (Lipinski definition) is 0. The van der Waals surface area contributed by atoms with Gasteiger partial charge in [0.15, 0.2) is 0 Å². The summed E-state index contributed by atoms with van der Waals surface area (Å²) in [5, 5.41) is 0. The van der Waals surface area contributed by atoms with Gasteiger partial charge in [-0.2, -0.15) is 0 Å². The molecule has 1 unspecified atom stereocenters. The van der Waals surface area contributed by atoms with Gasteiger partial charge in [-0.25, -0.2) is 0 Å². The monoisotopic (exact) mass is 196 g/mol. The number of carbonyl (C=O) groups is 2. The first-order valence-electron chi connectivity index (χ1n) is 5.54. The van der Waals surface area contributed by atoms with Crippen molar-refractivity contribution >= 4 is 12.1 Å². The van der Waals surface area contributed by atoms with Crippen LogP contribution in [0.25, 0.3) is 0 Å². The summed E-state index contributed by atoms with van der Waals surface area (Å²) in [4.78, 5) is 22.6. The lowest BCUT2D eigenvalue weighted by atomic mass is 9.87. The van der Waals surface area contributed by atoms with E-state index in [-0.39, 0.29) is 11.8 Å². The lowest BCUT2D eigenvalue weighted by Gasteiger charge is -2.16. The quantitative estimate of drug-likeness (QED) is 0.502. The second-order valence-corrected chi connectivity index (χ2v) is 4.88. The Morgan fingerprint density at radius 1 is 1.36 bits per heavy atom. The first-order valence-corrected chi connectivity index (χ1v) is 5.54. The Labute approximate surface area is 86.1 Å². The molecule has 2 nitrogen and oxygen atoms in total. The maximum absolute atomic E-state index is 11.8. The van der Waals surface area contributed by atoms with Crippen LogP contribution in [-0.4, -0.2) is 12.1 Å². The van der Waals surface area contributed by atoms with Gasteiger partial charge in [-0.15, -0.1) is 0 Å². The summed E-state index contributed by atoms with van der Waals surface area (Å²) in [5.41, 5.74) is 0. The Hall–Kier alpha value is -0.660. The van der Waals surface area contributed by atoms with Gasteiger partial charge in [0.2, 0.25) is 0 Å². The molecule has 0 saturated heterocycles. The van der Waals surface area contributed by atoms with Crippen molar-refractivity contribution in [2.24, 2.45) is 23.7 Å². The van der Waals surface area contributed by atoms with E-state index < -0.39 is 0 Å². The highest BCUT2D eigenvalue weighted by Crippen LogP contribution is 2.31. The maximum atomic E-state index is 11.8. The SMILES string of the molecule is CC(C)[C@@H]1CC[C@@H](C)C(C=O)CC1=O. The van der Waals surface area contributed by atoms with Crippen molar-refractivity contribution in [2.45, 2.75) is 40.0 Å². The van der Waals surface area contributed by atoms with E-state index in [0.29, 0.717) is 24.0 Å². The smallest absolute Gasteiger partial charge is 0.136 e. The minimum atomic E-state index is -0.0359. The Balaban J connectivity index is 2.72. The molecular weight excluding hydrogens is 176 g/mol. The van der Waals surface area contributed by atoms with Crippen LogP contribution in [0.1, 0.15) is 40.0 Å². The van der Waals surface area contributed by atoms with Gasteiger partial charge in [0, 0.05) is 18.3 Å². The van der Waals surface area contributed by atoms with Crippen LogP contribution in [0.2, 0.25) is 0 Å². The molecule has 1 aliphatic rings. The molecule has 0 radical (unpaired) electrons. The molecule has 80 valence electrons. The largest absolute Gasteiger partial charge is 0.303 e. The van der Waals surface area contributed by atoms with Crippen LogP contribution >= 0.6 is 0 Å². The van der Waals surface area contributed by atoms with Crippen molar-refractivity contribution in [3.63, 3.8) is 0 Å². The topological polar surface area (TPSA) is 34.1 Å². The third-order valence-corrected chi connectivity index (χ3v) is 3.49. The summed E-state index contributed by atoms with van der Waals surface area (Å²) in [5.74, 6) is 1.23. The van der Waals surface area contributed by atoms with Gasteiger partial charge in [-0.3, -0.25) is 4.79 Å². The molecule has 0 aromatic rings. The summed E-state index contributed by atoms with van der Waals surface area (Å²) in [7, 11) is 0. The minimum absolute atomic E-state index is 0.0359. The van der Waals surface area contributed by atoms with Crippen LogP contribution in [0, 0.1) is 23.7 Å². The van der Waals surface area contributed by atoms with Crippen LogP contribution in [0.4, 0.5) is 0 Å². The molecule has 2 heteroatoms.